The van der Waals surface area contributed by atoms with Crippen LogP contribution in [0.15, 0.2) is 24.4 Å². The first-order valence-electron chi connectivity index (χ1n) is 9.76. The van der Waals surface area contributed by atoms with E-state index < -0.39 is 0 Å². The Hall–Kier alpha value is -1.74. The number of benzene rings is 1. The van der Waals surface area contributed by atoms with Gasteiger partial charge in [0, 0.05) is 74.2 Å². The third-order valence-corrected chi connectivity index (χ3v) is 5.30. The number of hydrogen-bond donors (Lipinski definition) is 2. The van der Waals surface area contributed by atoms with Gasteiger partial charge in [0.15, 0.2) is 11.5 Å². The number of methoxy groups -OCH3 is 2. The van der Waals surface area contributed by atoms with E-state index in [1.54, 1.807) is 14.2 Å². The Balaban J connectivity index is 0.00000136. The largest absolute Gasteiger partial charge is 0.493 e. The summed E-state index contributed by atoms with van der Waals surface area (Å²) in [6, 6.07) is 6.51. The SMILES string of the molecule is CC.COc1cc2nccc(N3CCN(C(C)CNSN)CC3)c2cc1OC. The second kappa shape index (κ2) is 11.3. The highest BCUT2D eigenvalue weighted by Gasteiger charge is 2.22. The van der Waals surface area contributed by atoms with E-state index in [2.05, 4.69) is 32.5 Å². The molecule has 8 heteroatoms. The number of nitrogens with zero attached hydrogens (tertiary/aromatic N) is 3. The van der Waals surface area contributed by atoms with Gasteiger partial charge in [0.25, 0.3) is 0 Å². The predicted molar refractivity (Wildman–Crippen MR) is 119 cm³/mol. The Labute approximate surface area is 172 Å². The van der Waals surface area contributed by atoms with Crippen LogP contribution in [-0.4, -0.2) is 62.9 Å². The molecule has 1 aliphatic heterocycles. The Morgan fingerprint density at radius 3 is 2.39 bits per heavy atom. The number of fused-ring (bicyclic) bond motifs is 1. The highest BCUT2D eigenvalue weighted by Crippen LogP contribution is 2.35. The monoisotopic (exact) mass is 407 g/mol. The smallest absolute Gasteiger partial charge is 0.162 e. The molecule has 0 aliphatic carbocycles. The summed E-state index contributed by atoms with van der Waals surface area (Å²) in [6.45, 7) is 11.1. The maximum absolute atomic E-state index is 5.47. The number of pyridine rings is 1. The summed E-state index contributed by atoms with van der Waals surface area (Å²) in [6.07, 6.45) is 1.86. The number of nitrogens with two attached hydrogens (primary N) is 1. The molecule has 1 fully saturated rings. The summed E-state index contributed by atoms with van der Waals surface area (Å²) in [7, 11) is 3.31. The van der Waals surface area contributed by atoms with Crippen molar-refractivity contribution in [3.05, 3.63) is 24.4 Å². The van der Waals surface area contributed by atoms with Gasteiger partial charge in [0.1, 0.15) is 0 Å². The fourth-order valence-electron chi connectivity index (χ4n) is 3.44. The maximum atomic E-state index is 5.47. The van der Waals surface area contributed by atoms with Crippen LogP contribution < -0.4 is 24.2 Å². The number of hydrogen-bond acceptors (Lipinski definition) is 8. The van der Waals surface area contributed by atoms with Crippen molar-refractivity contribution in [1.29, 1.82) is 0 Å². The molecule has 1 saturated heterocycles. The van der Waals surface area contributed by atoms with Crippen LogP contribution >= 0.6 is 12.1 Å². The first-order valence-corrected chi connectivity index (χ1v) is 10.6. The van der Waals surface area contributed by atoms with E-state index in [0.29, 0.717) is 11.8 Å². The molecular formula is C20H33N5O2S. The Morgan fingerprint density at radius 1 is 1.14 bits per heavy atom. The van der Waals surface area contributed by atoms with Crippen molar-refractivity contribution in [2.45, 2.75) is 26.8 Å². The molecule has 3 N–H and O–H groups in total. The van der Waals surface area contributed by atoms with Crippen molar-refractivity contribution < 1.29 is 9.47 Å². The molecule has 7 nitrogen and oxygen atoms in total. The topological polar surface area (TPSA) is 75.9 Å². The number of rotatable bonds is 7. The van der Waals surface area contributed by atoms with Crippen LogP contribution in [0.4, 0.5) is 5.69 Å². The lowest BCUT2D eigenvalue weighted by Crippen LogP contribution is -2.51. The average molecular weight is 408 g/mol. The first kappa shape index (κ1) is 22.5. The molecule has 28 heavy (non-hydrogen) atoms. The number of anilines is 1. The number of nitrogens with one attached hydrogen (secondary N) is 1. The summed E-state index contributed by atoms with van der Waals surface area (Å²) in [4.78, 5) is 9.42. The summed E-state index contributed by atoms with van der Waals surface area (Å²) in [5.41, 5.74) is 2.11. The highest BCUT2D eigenvalue weighted by atomic mass is 32.2. The average Bonchev–Trinajstić information content (AvgIpc) is 2.77. The molecule has 3 rings (SSSR count). The second-order valence-corrected chi connectivity index (χ2v) is 6.92. The second-order valence-electron chi connectivity index (χ2n) is 6.39. The molecule has 1 aliphatic rings. The zero-order chi connectivity index (χ0) is 20.5. The predicted octanol–water partition coefficient (Wildman–Crippen LogP) is 2.90. The molecule has 0 amide bonds. The van der Waals surface area contributed by atoms with E-state index in [4.69, 9.17) is 14.6 Å². The third kappa shape index (κ3) is 5.20. The molecule has 0 saturated carbocycles. The molecule has 0 radical (unpaired) electrons. The Kier molecular flexibility index (Phi) is 9.11. The van der Waals surface area contributed by atoms with Crippen LogP contribution in [0.5, 0.6) is 11.5 Å². The quantitative estimate of drug-likeness (QED) is 0.679. The standard InChI is InChI=1S/C18H27N5O2S.C2H6/c1-13(12-21-26-19)22-6-8-23(9-7-22)16-4-5-20-15-11-18(25-3)17(24-2)10-14(15)16;1-2/h4-5,10-11,13,21H,6-9,12,19H2,1-3H3;1-2H3. The van der Waals surface area contributed by atoms with Gasteiger partial charge in [-0.2, -0.15) is 0 Å². The minimum Gasteiger partial charge on any atom is -0.493 e. The van der Waals surface area contributed by atoms with Gasteiger partial charge in [-0.25, -0.2) is 4.72 Å². The zero-order valence-corrected chi connectivity index (χ0v) is 18.4. The minimum absolute atomic E-state index is 0.465. The molecule has 2 aromatic rings. The molecule has 156 valence electrons. The number of aromatic nitrogens is 1. The normalized spacial score (nSPS) is 15.7. The van der Waals surface area contributed by atoms with E-state index in [1.165, 1.54) is 17.8 Å². The van der Waals surface area contributed by atoms with Crippen LogP contribution in [0.1, 0.15) is 20.8 Å². The van der Waals surface area contributed by atoms with Crippen LogP contribution in [0.25, 0.3) is 10.9 Å². The van der Waals surface area contributed by atoms with Crippen molar-refractivity contribution in [1.82, 2.24) is 14.6 Å². The molecule has 1 unspecified atom stereocenters. The van der Waals surface area contributed by atoms with E-state index in [-0.39, 0.29) is 0 Å². The molecule has 1 atom stereocenters. The fraction of sp³-hybridized carbons (Fsp3) is 0.550. The molecule has 1 aromatic heterocycles. The van der Waals surface area contributed by atoms with Gasteiger partial charge >= 0.3 is 0 Å². The van der Waals surface area contributed by atoms with Crippen molar-refractivity contribution >= 4 is 28.7 Å². The van der Waals surface area contributed by atoms with Crippen LogP contribution in [0, 0.1) is 0 Å². The molecular weight excluding hydrogens is 374 g/mol. The van der Waals surface area contributed by atoms with Crippen molar-refractivity contribution in [2.24, 2.45) is 5.14 Å². The lowest BCUT2D eigenvalue weighted by Gasteiger charge is -2.39. The van der Waals surface area contributed by atoms with Crippen molar-refractivity contribution in [2.75, 3.05) is 51.8 Å². The summed E-state index contributed by atoms with van der Waals surface area (Å²) in [5, 5.41) is 6.55. The van der Waals surface area contributed by atoms with E-state index in [0.717, 1.165) is 49.4 Å². The lowest BCUT2D eigenvalue weighted by molar-refractivity contribution is 0.199. The van der Waals surface area contributed by atoms with Gasteiger partial charge in [-0.1, -0.05) is 13.8 Å². The van der Waals surface area contributed by atoms with Crippen molar-refractivity contribution in [3.63, 3.8) is 0 Å². The van der Waals surface area contributed by atoms with Gasteiger partial charge in [-0.05, 0) is 19.1 Å². The van der Waals surface area contributed by atoms with Crippen LogP contribution in [-0.2, 0) is 0 Å². The third-order valence-electron chi connectivity index (χ3n) is 4.96. The van der Waals surface area contributed by atoms with Gasteiger partial charge < -0.3 is 14.4 Å². The van der Waals surface area contributed by atoms with Gasteiger partial charge in [0.2, 0.25) is 0 Å². The molecule has 0 spiro atoms. The van der Waals surface area contributed by atoms with Gasteiger partial charge in [0.05, 0.1) is 19.7 Å². The summed E-state index contributed by atoms with van der Waals surface area (Å²) >= 11 is 1.18. The molecule has 2 heterocycles. The lowest BCUT2D eigenvalue weighted by atomic mass is 10.1. The minimum atomic E-state index is 0.465. The van der Waals surface area contributed by atoms with Gasteiger partial charge in [-0.15, -0.1) is 0 Å². The number of ether oxygens (including phenoxy) is 2. The Morgan fingerprint density at radius 2 is 1.79 bits per heavy atom. The summed E-state index contributed by atoms with van der Waals surface area (Å²) in [5.74, 6) is 1.43. The van der Waals surface area contributed by atoms with Crippen LogP contribution in [0.2, 0.25) is 0 Å². The first-order chi connectivity index (χ1) is 13.7. The number of piperazine rings is 1. The maximum Gasteiger partial charge on any atom is 0.162 e. The van der Waals surface area contributed by atoms with Gasteiger partial charge in [-0.3, -0.25) is 15.0 Å². The molecule has 1 aromatic carbocycles. The zero-order valence-electron chi connectivity index (χ0n) is 17.6. The Bertz CT molecular complexity index is 738. The highest BCUT2D eigenvalue weighted by molar-refractivity contribution is 7.95. The van der Waals surface area contributed by atoms with Crippen molar-refractivity contribution in [3.8, 4) is 11.5 Å². The fourth-order valence-corrected chi connectivity index (χ4v) is 3.77. The van der Waals surface area contributed by atoms with Crippen LogP contribution in [0.3, 0.4) is 0 Å². The molecule has 0 bridgehead atoms. The summed E-state index contributed by atoms with van der Waals surface area (Å²) < 4.78 is 14.0. The van der Waals surface area contributed by atoms with E-state index in [1.807, 2.05) is 32.2 Å². The van der Waals surface area contributed by atoms with E-state index >= 15 is 0 Å². The van der Waals surface area contributed by atoms with E-state index in [9.17, 15) is 0 Å².